The van der Waals surface area contributed by atoms with Gasteiger partial charge in [0, 0.05) is 11.1 Å². The van der Waals surface area contributed by atoms with Crippen LogP contribution in [0.15, 0.2) is 10.8 Å². The second-order valence-corrected chi connectivity index (χ2v) is 3.84. The van der Waals surface area contributed by atoms with Gasteiger partial charge in [-0.1, -0.05) is 6.92 Å². The van der Waals surface area contributed by atoms with Crippen molar-refractivity contribution in [2.75, 3.05) is 12.4 Å². The van der Waals surface area contributed by atoms with Gasteiger partial charge in [0.1, 0.15) is 6.04 Å². The van der Waals surface area contributed by atoms with Gasteiger partial charge in [0.15, 0.2) is 0 Å². The maximum absolute atomic E-state index is 11.3. The molecule has 0 aliphatic rings. The smallest absolute Gasteiger partial charge is 0.328 e. The molecule has 14 heavy (non-hydrogen) atoms. The lowest BCUT2D eigenvalue weighted by Crippen LogP contribution is -2.29. The molecule has 1 unspecified atom stereocenters. The molecule has 0 spiro atoms. The number of methoxy groups -OCH3 is 1. The SMILES string of the molecule is CCC(Nc1cscc1C)C(=O)OC. The summed E-state index contributed by atoms with van der Waals surface area (Å²) in [5.41, 5.74) is 2.18. The third-order valence-electron chi connectivity index (χ3n) is 2.08. The highest BCUT2D eigenvalue weighted by Crippen LogP contribution is 2.20. The summed E-state index contributed by atoms with van der Waals surface area (Å²) in [5, 5.41) is 7.21. The first kappa shape index (κ1) is 11.0. The molecule has 0 saturated carbocycles. The van der Waals surface area contributed by atoms with Gasteiger partial charge in [0.2, 0.25) is 0 Å². The summed E-state index contributed by atoms with van der Waals surface area (Å²) in [6.07, 6.45) is 0.724. The van der Waals surface area contributed by atoms with Crippen LogP contribution in [0.25, 0.3) is 0 Å². The number of esters is 1. The Labute approximate surface area is 88.1 Å². The molecule has 0 aliphatic carbocycles. The maximum atomic E-state index is 11.3. The van der Waals surface area contributed by atoms with Crippen molar-refractivity contribution in [1.82, 2.24) is 0 Å². The molecule has 0 aliphatic heterocycles. The lowest BCUT2D eigenvalue weighted by molar-refractivity contribution is -0.141. The van der Waals surface area contributed by atoms with E-state index >= 15 is 0 Å². The first-order valence-corrected chi connectivity index (χ1v) is 5.50. The van der Waals surface area contributed by atoms with Gasteiger partial charge in [0.25, 0.3) is 0 Å². The Morgan fingerprint density at radius 1 is 1.64 bits per heavy atom. The summed E-state index contributed by atoms with van der Waals surface area (Å²) in [4.78, 5) is 11.3. The summed E-state index contributed by atoms with van der Waals surface area (Å²) in [7, 11) is 1.41. The minimum absolute atomic E-state index is 0.210. The predicted octanol–water partition coefficient (Wildman–Crippen LogP) is 2.42. The summed E-state index contributed by atoms with van der Waals surface area (Å²) in [6.45, 7) is 3.97. The highest BCUT2D eigenvalue weighted by atomic mass is 32.1. The molecule has 78 valence electrons. The lowest BCUT2D eigenvalue weighted by atomic mass is 10.2. The summed E-state index contributed by atoms with van der Waals surface area (Å²) in [6, 6.07) is -0.242. The molecule has 1 heterocycles. The molecule has 0 saturated heterocycles. The Bertz CT molecular complexity index is 309. The van der Waals surface area contributed by atoms with Gasteiger partial charge in [-0.25, -0.2) is 4.79 Å². The number of rotatable bonds is 4. The van der Waals surface area contributed by atoms with Crippen molar-refractivity contribution in [1.29, 1.82) is 0 Å². The van der Waals surface area contributed by atoms with Crippen molar-refractivity contribution < 1.29 is 9.53 Å². The van der Waals surface area contributed by atoms with E-state index in [1.54, 1.807) is 11.3 Å². The van der Waals surface area contributed by atoms with Gasteiger partial charge in [-0.3, -0.25) is 0 Å². The minimum Gasteiger partial charge on any atom is -0.467 e. The molecule has 0 amide bonds. The van der Waals surface area contributed by atoms with Crippen molar-refractivity contribution in [3.63, 3.8) is 0 Å². The van der Waals surface area contributed by atoms with Gasteiger partial charge in [-0.15, -0.1) is 11.3 Å². The summed E-state index contributed by atoms with van der Waals surface area (Å²) in [5.74, 6) is -0.210. The highest BCUT2D eigenvalue weighted by molar-refractivity contribution is 7.08. The topological polar surface area (TPSA) is 38.3 Å². The van der Waals surface area contributed by atoms with Crippen LogP contribution < -0.4 is 5.32 Å². The van der Waals surface area contributed by atoms with Gasteiger partial charge in [-0.2, -0.15) is 0 Å². The van der Waals surface area contributed by atoms with Crippen LogP contribution in [-0.2, 0) is 9.53 Å². The summed E-state index contributed by atoms with van der Waals surface area (Å²) < 4.78 is 4.69. The van der Waals surface area contributed by atoms with E-state index in [1.807, 2.05) is 24.6 Å². The number of nitrogens with one attached hydrogen (secondary N) is 1. The van der Waals surface area contributed by atoms with Crippen molar-refractivity contribution in [3.05, 3.63) is 16.3 Å². The number of aryl methyl sites for hydroxylation is 1. The summed E-state index contributed by atoms with van der Waals surface area (Å²) >= 11 is 1.62. The van der Waals surface area contributed by atoms with Crippen molar-refractivity contribution >= 4 is 23.0 Å². The minimum atomic E-state index is -0.242. The molecule has 4 heteroatoms. The van der Waals surface area contributed by atoms with Gasteiger partial charge in [-0.05, 0) is 24.3 Å². The number of anilines is 1. The zero-order chi connectivity index (χ0) is 10.6. The molecule has 1 rings (SSSR count). The average Bonchev–Trinajstić information content (AvgIpc) is 2.59. The second-order valence-electron chi connectivity index (χ2n) is 3.10. The number of thiophene rings is 1. The number of ether oxygens (including phenoxy) is 1. The van der Waals surface area contributed by atoms with E-state index in [-0.39, 0.29) is 12.0 Å². The first-order valence-electron chi connectivity index (χ1n) is 4.56. The Hall–Kier alpha value is -1.03. The van der Waals surface area contributed by atoms with Crippen LogP contribution in [-0.4, -0.2) is 19.1 Å². The van der Waals surface area contributed by atoms with Crippen molar-refractivity contribution in [2.45, 2.75) is 26.3 Å². The normalized spacial score (nSPS) is 12.2. The molecule has 0 radical (unpaired) electrons. The zero-order valence-corrected chi connectivity index (χ0v) is 9.48. The van der Waals surface area contributed by atoms with Crippen molar-refractivity contribution in [3.8, 4) is 0 Å². The molecule has 1 aromatic rings. The van der Waals surface area contributed by atoms with Gasteiger partial charge < -0.3 is 10.1 Å². The van der Waals surface area contributed by atoms with Crippen LogP contribution in [0.4, 0.5) is 5.69 Å². The first-order chi connectivity index (χ1) is 6.69. The molecule has 3 nitrogen and oxygen atoms in total. The van der Waals surface area contributed by atoms with E-state index in [9.17, 15) is 4.79 Å². The number of carbonyl (C=O) groups is 1. The molecular formula is C10H15NO2S. The molecule has 1 atom stereocenters. The van der Waals surface area contributed by atoms with Crippen molar-refractivity contribution in [2.24, 2.45) is 0 Å². The number of hydrogen-bond donors (Lipinski definition) is 1. The van der Waals surface area contributed by atoms with Crippen LogP contribution in [0.5, 0.6) is 0 Å². The monoisotopic (exact) mass is 213 g/mol. The molecule has 1 N–H and O–H groups in total. The van der Waals surface area contributed by atoms with E-state index in [2.05, 4.69) is 5.32 Å². The molecular weight excluding hydrogens is 198 g/mol. The Morgan fingerprint density at radius 3 is 2.79 bits per heavy atom. The maximum Gasteiger partial charge on any atom is 0.328 e. The van der Waals surface area contributed by atoms with Crippen LogP contribution in [0.3, 0.4) is 0 Å². The fourth-order valence-corrected chi connectivity index (χ4v) is 1.96. The quantitative estimate of drug-likeness (QED) is 0.781. The fraction of sp³-hybridized carbons (Fsp3) is 0.500. The third-order valence-corrected chi connectivity index (χ3v) is 2.94. The second kappa shape index (κ2) is 5.00. The van der Waals surface area contributed by atoms with Crippen LogP contribution in [0.1, 0.15) is 18.9 Å². The standard InChI is InChI=1S/C10H15NO2S/c1-4-8(10(12)13-3)11-9-6-14-5-7(9)2/h5-6,8,11H,4H2,1-3H3. The third kappa shape index (κ3) is 2.48. The predicted molar refractivity (Wildman–Crippen MR) is 58.8 cm³/mol. The Kier molecular flexibility index (Phi) is 3.95. The van der Waals surface area contributed by atoms with E-state index < -0.39 is 0 Å². The van der Waals surface area contributed by atoms with Crippen LogP contribution in [0.2, 0.25) is 0 Å². The van der Waals surface area contributed by atoms with E-state index in [0.29, 0.717) is 0 Å². The van der Waals surface area contributed by atoms with Crippen LogP contribution >= 0.6 is 11.3 Å². The Morgan fingerprint density at radius 2 is 2.36 bits per heavy atom. The lowest BCUT2D eigenvalue weighted by Gasteiger charge is -2.15. The zero-order valence-electron chi connectivity index (χ0n) is 8.66. The van der Waals surface area contributed by atoms with E-state index in [1.165, 1.54) is 7.11 Å². The largest absolute Gasteiger partial charge is 0.467 e. The molecule has 0 aromatic carbocycles. The number of carbonyl (C=O) groups excluding carboxylic acids is 1. The van der Waals surface area contributed by atoms with Crippen LogP contribution in [0, 0.1) is 6.92 Å². The van der Waals surface area contributed by atoms with E-state index in [4.69, 9.17) is 4.74 Å². The average molecular weight is 213 g/mol. The number of hydrogen-bond acceptors (Lipinski definition) is 4. The fourth-order valence-electron chi connectivity index (χ4n) is 1.17. The molecule has 0 bridgehead atoms. The highest BCUT2D eigenvalue weighted by Gasteiger charge is 2.17. The van der Waals surface area contributed by atoms with Gasteiger partial charge >= 0.3 is 5.97 Å². The molecule has 0 fully saturated rings. The van der Waals surface area contributed by atoms with Gasteiger partial charge in [0.05, 0.1) is 7.11 Å². The van der Waals surface area contributed by atoms with E-state index in [0.717, 1.165) is 17.7 Å². The molecule has 1 aromatic heterocycles. The Balaban J connectivity index is 2.66.